The van der Waals surface area contributed by atoms with E-state index in [1.807, 2.05) is 24.3 Å². The fourth-order valence-electron chi connectivity index (χ4n) is 4.47. The highest BCUT2D eigenvalue weighted by Crippen LogP contribution is 2.30. The van der Waals surface area contributed by atoms with E-state index in [0.29, 0.717) is 18.5 Å². The number of piperidine rings is 1. The second-order valence-electron chi connectivity index (χ2n) is 8.25. The Bertz CT molecular complexity index is 1250. The van der Waals surface area contributed by atoms with Crippen LogP contribution in [0.2, 0.25) is 0 Å². The number of amides is 1. The Labute approximate surface area is 179 Å². The molecule has 0 aliphatic carbocycles. The van der Waals surface area contributed by atoms with E-state index in [1.54, 1.807) is 42.8 Å². The van der Waals surface area contributed by atoms with E-state index in [9.17, 15) is 9.90 Å². The third-order valence-electron chi connectivity index (χ3n) is 5.92. The average molecular weight is 416 g/mol. The van der Waals surface area contributed by atoms with Crippen LogP contribution in [0.4, 0.5) is 5.69 Å². The Morgan fingerprint density at radius 2 is 2.10 bits per heavy atom. The molecular weight excluding hydrogens is 392 g/mol. The van der Waals surface area contributed by atoms with Gasteiger partial charge < -0.3 is 19.9 Å². The molecule has 1 unspecified atom stereocenters. The molecule has 1 aliphatic heterocycles. The van der Waals surface area contributed by atoms with Crippen molar-refractivity contribution in [2.24, 2.45) is 0 Å². The second kappa shape index (κ2) is 7.63. The molecule has 0 bridgehead atoms. The number of aromatic nitrogens is 4. The third kappa shape index (κ3) is 3.70. The van der Waals surface area contributed by atoms with Gasteiger partial charge in [-0.3, -0.25) is 14.8 Å². The van der Waals surface area contributed by atoms with Crippen LogP contribution >= 0.6 is 0 Å². The molecule has 4 heterocycles. The molecule has 2 N–H and O–H groups in total. The number of rotatable bonds is 4. The molecule has 1 fully saturated rings. The molecule has 1 aliphatic rings. The van der Waals surface area contributed by atoms with E-state index in [1.165, 1.54) is 0 Å². The van der Waals surface area contributed by atoms with Crippen LogP contribution in [0.1, 0.15) is 23.2 Å². The first-order chi connectivity index (χ1) is 15.0. The number of nitrogens with one attached hydrogen (secondary N) is 1. The van der Waals surface area contributed by atoms with Crippen molar-refractivity contribution < 1.29 is 9.90 Å². The molecule has 1 atom stereocenters. The van der Waals surface area contributed by atoms with E-state index in [2.05, 4.69) is 24.8 Å². The fourth-order valence-corrected chi connectivity index (χ4v) is 4.47. The van der Waals surface area contributed by atoms with Gasteiger partial charge in [0, 0.05) is 38.1 Å². The molecule has 0 spiro atoms. The zero-order chi connectivity index (χ0) is 21.4. The lowest BCUT2D eigenvalue weighted by Crippen LogP contribution is -2.54. The maximum absolute atomic E-state index is 13.0. The number of hydrogen-bond acceptors (Lipinski definition) is 6. The molecule has 3 aromatic heterocycles. The number of nitrogens with zero attached hydrogens (tertiary/aromatic N) is 5. The lowest BCUT2D eigenvalue weighted by molar-refractivity contribution is 0.0000674. The first-order valence-electron chi connectivity index (χ1n) is 10.4. The van der Waals surface area contributed by atoms with E-state index >= 15 is 0 Å². The Kier molecular flexibility index (Phi) is 4.78. The summed E-state index contributed by atoms with van der Waals surface area (Å²) in [6.45, 7) is 1.51. The molecule has 8 heteroatoms. The van der Waals surface area contributed by atoms with Crippen molar-refractivity contribution in [1.29, 1.82) is 0 Å². The van der Waals surface area contributed by atoms with Gasteiger partial charge in [-0.25, -0.2) is 4.98 Å². The Morgan fingerprint density at radius 3 is 3.00 bits per heavy atom. The summed E-state index contributed by atoms with van der Waals surface area (Å²) in [6.07, 6.45) is 6.60. The maximum atomic E-state index is 13.0. The fraction of sp³-hybridized carbons (Fsp3) is 0.304. The molecule has 1 saturated heterocycles. The average Bonchev–Trinajstić information content (AvgIpc) is 3.26. The van der Waals surface area contributed by atoms with Gasteiger partial charge >= 0.3 is 0 Å². The Balaban J connectivity index is 1.35. The molecule has 8 nitrogen and oxygen atoms in total. The molecule has 1 aromatic carbocycles. The predicted molar refractivity (Wildman–Crippen MR) is 119 cm³/mol. The summed E-state index contributed by atoms with van der Waals surface area (Å²) >= 11 is 0. The normalized spacial score (nSPS) is 19.1. The van der Waals surface area contributed by atoms with Gasteiger partial charge in [-0.1, -0.05) is 0 Å². The van der Waals surface area contributed by atoms with Crippen molar-refractivity contribution in [3.8, 4) is 0 Å². The van der Waals surface area contributed by atoms with Gasteiger partial charge in [-0.2, -0.15) is 0 Å². The quantitative estimate of drug-likeness (QED) is 0.531. The standard InChI is InChI=1S/C23H24N6O2/c1-28(22(30)16-5-6-17-19(12-16)27-15-26-17)13-23(31)8-3-11-29(14-23)20-7-10-24-18-4-2-9-25-21(18)20/h2,4-7,9-10,12,15,31H,3,8,11,13-14H2,1H3,(H,26,27). The number of fused-ring (bicyclic) bond motifs is 2. The minimum Gasteiger partial charge on any atom is -0.386 e. The lowest BCUT2D eigenvalue weighted by Gasteiger charge is -2.42. The minimum atomic E-state index is -1.01. The predicted octanol–water partition coefficient (Wildman–Crippen LogP) is 2.61. The number of carbonyl (C=O) groups excluding carboxylic acids is 1. The van der Waals surface area contributed by atoms with Crippen LogP contribution in [0.15, 0.2) is 55.1 Å². The monoisotopic (exact) mass is 416 g/mol. The molecule has 4 aromatic rings. The molecular formula is C23H24N6O2. The summed E-state index contributed by atoms with van der Waals surface area (Å²) in [7, 11) is 1.74. The molecule has 158 valence electrons. The minimum absolute atomic E-state index is 0.127. The van der Waals surface area contributed by atoms with Crippen LogP contribution in [0.3, 0.4) is 0 Å². The van der Waals surface area contributed by atoms with Gasteiger partial charge in [0.05, 0.1) is 40.7 Å². The first kappa shape index (κ1) is 19.4. The van der Waals surface area contributed by atoms with Crippen LogP contribution in [-0.4, -0.2) is 68.1 Å². The van der Waals surface area contributed by atoms with Gasteiger partial charge in [0.15, 0.2) is 0 Å². The van der Waals surface area contributed by atoms with Crippen LogP contribution in [-0.2, 0) is 0 Å². The van der Waals surface area contributed by atoms with Crippen LogP contribution in [0.5, 0.6) is 0 Å². The lowest BCUT2D eigenvalue weighted by atomic mass is 9.91. The van der Waals surface area contributed by atoms with Crippen LogP contribution < -0.4 is 4.90 Å². The summed E-state index contributed by atoms with van der Waals surface area (Å²) in [5.41, 5.74) is 3.81. The maximum Gasteiger partial charge on any atom is 0.253 e. The van der Waals surface area contributed by atoms with Gasteiger partial charge in [0.2, 0.25) is 0 Å². The van der Waals surface area contributed by atoms with Gasteiger partial charge in [-0.05, 0) is 49.2 Å². The van der Waals surface area contributed by atoms with Crippen molar-refractivity contribution in [3.63, 3.8) is 0 Å². The first-order valence-corrected chi connectivity index (χ1v) is 10.4. The topological polar surface area (TPSA) is 98.2 Å². The number of benzene rings is 1. The number of aliphatic hydroxyl groups is 1. The summed E-state index contributed by atoms with van der Waals surface area (Å²) in [5, 5.41) is 11.4. The number of β-amino-alcohol motifs (C(OH)–C–C–N with tert-alkyl or cyclic N) is 1. The SMILES string of the molecule is CN(CC1(O)CCCN(c2ccnc3cccnc23)C1)C(=O)c1ccc2nc[nH]c2c1. The molecule has 1 amide bonds. The smallest absolute Gasteiger partial charge is 0.253 e. The van der Waals surface area contributed by atoms with Crippen molar-refractivity contribution in [1.82, 2.24) is 24.8 Å². The molecule has 0 radical (unpaired) electrons. The zero-order valence-corrected chi connectivity index (χ0v) is 17.3. The second-order valence-corrected chi connectivity index (χ2v) is 8.25. The van der Waals surface area contributed by atoms with Crippen molar-refractivity contribution in [3.05, 3.63) is 60.7 Å². The van der Waals surface area contributed by atoms with Gasteiger partial charge in [0.1, 0.15) is 5.52 Å². The number of imidazole rings is 1. The van der Waals surface area contributed by atoms with E-state index < -0.39 is 5.60 Å². The molecule has 31 heavy (non-hydrogen) atoms. The molecule has 5 rings (SSSR count). The van der Waals surface area contributed by atoms with Gasteiger partial charge in [-0.15, -0.1) is 0 Å². The largest absolute Gasteiger partial charge is 0.386 e. The highest BCUT2D eigenvalue weighted by molar-refractivity contribution is 5.97. The third-order valence-corrected chi connectivity index (χ3v) is 5.92. The Hall–Kier alpha value is -3.52. The highest BCUT2D eigenvalue weighted by atomic mass is 16.3. The number of H-pyrrole nitrogens is 1. The number of carbonyl (C=O) groups is 1. The summed E-state index contributed by atoms with van der Waals surface area (Å²) in [6, 6.07) is 11.1. The number of likely N-dealkylation sites (N-methyl/N-ethyl adjacent to an activating group) is 1. The van der Waals surface area contributed by atoms with E-state index in [4.69, 9.17) is 0 Å². The number of hydrogen-bond donors (Lipinski definition) is 2. The number of pyridine rings is 2. The van der Waals surface area contributed by atoms with Crippen molar-refractivity contribution in [2.75, 3.05) is 31.6 Å². The van der Waals surface area contributed by atoms with Crippen molar-refractivity contribution >= 4 is 33.7 Å². The summed E-state index contributed by atoms with van der Waals surface area (Å²) < 4.78 is 0. The number of aromatic amines is 1. The summed E-state index contributed by atoms with van der Waals surface area (Å²) in [5.74, 6) is -0.127. The van der Waals surface area contributed by atoms with Crippen LogP contribution in [0.25, 0.3) is 22.1 Å². The van der Waals surface area contributed by atoms with Crippen LogP contribution in [0, 0.1) is 0 Å². The zero-order valence-electron chi connectivity index (χ0n) is 17.3. The van der Waals surface area contributed by atoms with Crippen molar-refractivity contribution in [2.45, 2.75) is 18.4 Å². The van der Waals surface area contributed by atoms with E-state index in [0.717, 1.165) is 40.7 Å². The molecule has 0 saturated carbocycles. The highest BCUT2D eigenvalue weighted by Gasteiger charge is 2.36. The van der Waals surface area contributed by atoms with Gasteiger partial charge in [0.25, 0.3) is 5.91 Å². The summed E-state index contributed by atoms with van der Waals surface area (Å²) in [4.78, 5) is 32.9. The Morgan fingerprint density at radius 1 is 1.19 bits per heavy atom. The number of anilines is 1. The van der Waals surface area contributed by atoms with E-state index in [-0.39, 0.29) is 12.5 Å².